The van der Waals surface area contributed by atoms with E-state index in [1.165, 1.54) is 56.2 Å². The lowest BCUT2D eigenvalue weighted by molar-refractivity contribution is -0.117. The normalized spacial score (nSPS) is 25.9. The number of hydrogen-bond acceptors (Lipinski definition) is 2. The second kappa shape index (κ2) is 9.05. The van der Waals surface area contributed by atoms with Crippen molar-refractivity contribution in [2.45, 2.75) is 69.2 Å². The zero-order chi connectivity index (χ0) is 19.2. The number of ketones is 1. The Morgan fingerprint density at radius 2 is 1.71 bits per heavy atom. The lowest BCUT2D eigenvalue weighted by Gasteiger charge is -2.42. The highest BCUT2D eigenvalue weighted by atomic mass is 16.1. The van der Waals surface area contributed by atoms with Gasteiger partial charge in [-0.15, -0.1) is 0 Å². The lowest BCUT2D eigenvalue weighted by atomic mass is 9.77. The molecule has 2 nitrogen and oxygen atoms in total. The molecule has 0 radical (unpaired) electrons. The molecule has 28 heavy (non-hydrogen) atoms. The largest absolute Gasteiger partial charge is 0.300 e. The van der Waals surface area contributed by atoms with Crippen LogP contribution in [0.3, 0.4) is 0 Å². The summed E-state index contributed by atoms with van der Waals surface area (Å²) in [5.74, 6) is 0.446. The van der Waals surface area contributed by atoms with Crippen molar-refractivity contribution in [3.63, 3.8) is 0 Å². The van der Waals surface area contributed by atoms with Crippen LogP contribution in [0.5, 0.6) is 0 Å². The van der Waals surface area contributed by atoms with E-state index < -0.39 is 0 Å². The first-order chi connectivity index (χ1) is 13.8. The van der Waals surface area contributed by atoms with E-state index in [1.807, 2.05) is 0 Å². The van der Waals surface area contributed by atoms with Gasteiger partial charge in [-0.05, 0) is 56.2 Å². The van der Waals surface area contributed by atoms with Crippen LogP contribution in [0.4, 0.5) is 0 Å². The molecule has 2 atom stereocenters. The molecule has 1 heterocycles. The Kier molecular flexibility index (Phi) is 6.26. The van der Waals surface area contributed by atoms with Crippen LogP contribution < -0.4 is 0 Å². The highest BCUT2D eigenvalue weighted by molar-refractivity contribution is 5.83. The van der Waals surface area contributed by atoms with Gasteiger partial charge in [-0.1, -0.05) is 67.1 Å². The molecule has 148 valence electrons. The van der Waals surface area contributed by atoms with Crippen LogP contribution in [0.15, 0.2) is 60.7 Å². The van der Waals surface area contributed by atoms with Gasteiger partial charge >= 0.3 is 0 Å². The van der Waals surface area contributed by atoms with Crippen molar-refractivity contribution in [3.8, 4) is 0 Å². The van der Waals surface area contributed by atoms with E-state index in [2.05, 4.69) is 65.6 Å². The monoisotopic (exact) mass is 375 g/mol. The Balaban J connectivity index is 1.43. The lowest BCUT2D eigenvalue weighted by Crippen LogP contribution is -2.47. The van der Waals surface area contributed by atoms with Crippen molar-refractivity contribution in [2.75, 3.05) is 13.1 Å². The number of hydrogen-bond donors (Lipinski definition) is 0. The molecule has 2 aromatic carbocycles. The molecule has 0 bridgehead atoms. The van der Waals surface area contributed by atoms with Gasteiger partial charge in [0.1, 0.15) is 5.78 Å². The Bertz CT molecular complexity index is 757. The van der Waals surface area contributed by atoms with Gasteiger partial charge in [0.05, 0.1) is 0 Å². The molecule has 2 aliphatic rings. The molecule has 0 spiro atoms. The van der Waals surface area contributed by atoms with Crippen LogP contribution in [0.2, 0.25) is 0 Å². The summed E-state index contributed by atoms with van der Waals surface area (Å²) in [5.41, 5.74) is 2.86. The summed E-state index contributed by atoms with van der Waals surface area (Å²) < 4.78 is 0. The Morgan fingerprint density at radius 3 is 2.43 bits per heavy atom. The molecule has 0 amide bonds. The van der Waals surface area contributed by atoms with E-state index in [-0.39, 0.29) is 5.41 Å². The number of likely N-dealkylation sites (tertiary alicyclic amines) is 1. The minimum Gasteiger partial charge on any atom is -0.300 e. The first-order valence-corrected chi connectivity index (χ1v) is 11.1. The van der Waals surface area contributed by atoms with Crippen LogP contribution >= 0.6 is 0 Å². The summed E-state index contributed by atoms with van der Waals surface area (Å²) in [6.45, 7) is 2.25. The van der Waals surface area contributed by atoms with E-state index >= 15 is 0 Å². The Hall–Kier alpha value is -1.93. The summed E-state index contributed by atoms with van der Waals surface area (Å²) >= 11 is 0. The molecule has 2 heteroatoms. The minimum atomic E-state index is 0.0351. The smallest absolute Gasteiger partial charge is 0.133 e. The van der Waals surface area contributed by atoms with Gasteiger partial charge in [-0.3, -0.25) is 9.69 Å². The number of nitrogens with zero attached hydrogens (tertiary/aromatic N) is 1. The van der Waals surface area contributed by atoms with Gasteiger partial charge < -0.3 is 0 Å². The SMILES string of the molecule is O=C1CCC(CN2CCCCC2CCCc2ccccc2)(c2ccccc2)C1. The zero-order valence-corrected chi connectivity index (χ0v) is 17.0. The molecule has 1 aliphatic carbocycles. The first-order valence-electron chi connectivity index (χ1n) is 11.1. The van der Waals surface area contributed by atoms with E-state index in [4.69, 9.17) is 0 Å². The summed E-state index contributed by atoms with van der Waals surface area (Å²) in [6, 6.07) is 22.4. The van der Waals surface area contributed by atoms with E-state index in [1.54, 1.807) is 0 Å². The van der Waals surface area contributed by atoms with Crippen molar-refractivity contribution >= 4 is 5.78 Å². The molecule has 2 fully saturated rings. The van der Waals surface area contributed by atoms with Crippen molar-refractivity contribution < 1.29 is 4.79 Å². The number of piperidine rings is 1. The maximum Gasteiger partial charge on any atom is 0.133 e. The number of carbonyl (C=O) groups is 1. The third-order valence-corrected chi connectivity index (χ3v) is 6.90. The number of benzene rings is 2. The third-order valence-electron chi connectivity index (χ3n) is 6.90. The predicted molar refractivity (Wildman–Crippen MR) is 116 cm³/mol. The molecule has 1 saturated heterocycles. The summed E-state index contributed by atoms with van der Waals surface area (Å²) in [4.78, 5) is 15.0. The van der Waals surface area contributed by atoms with Crippen LogP contribution in [0.25, 0.3) is 0 Å². The van der Waals surface area contributed by atoms with Gasteiger partial charge in [0.15, 0.2) is 0 Å². The Labute approximate surface area is 170 Å². The summed E-state index contributed by atoms with van der Waals surface area (Å²) in [6.07, 6.45) is 10.2. The molecule has 2 unspecified atom stereocenters. The van der Waals surface area contributed by atoms with Crippen molar-refractivity contribution in [3.05, 3.63) is 71.8 Å². The summed E-state index contributed by atoms with van der Waals surface area (Å²) in [7, 11) is 0. The Morgan fingerprint density at radius 1 is 0.964 bits per heavy atom. The van der Waals surface area contributed by atoms with E-state index in [0.717, 1.165) is 25.8 Å². The van der Waals surface area contributed by atoms with Crippen LogP contribution in [0, 0.1) is 0 Å². The maximum absolute atomic E-state index is 12.3. The number of carbonyl (C=O) groups excluding carboxylic acids is 1. The fraction of sp³-hybridized carbons (Fsp3) is 0.500. The average Bonchev–Trinajstić information content (AvgIpc) is 3.12. The summed E-state index contributed by atoms with van der Waals surface area (Å²) in [5, 5.41) is 0. The molecular weight excluding hydrogens is 342 g/mol. The molecule has 0 aromatic heterocycles. The average molecular weight is 376 g/mol. The van der Waals surface area contributed by atoms with Gasteiger partial charge in [0.2, 0.25) is 0 Å². The number of Topliss-reactive ketones (excluding diaryl/α,β-unsaturated/α-hetero) is 1. The van der Waals surface area contributed by atoms with E-state index in [0.29, 0.717) is 11.8 Å². The molecule has 1 aliphatic heterocycles. The molecule has 1 saturated carbocycles. The van der Waals surface area contributed by atoms with Crippen LogP contribution in [-0.4, -0.2) is 29.8 Å². The van der Waals surface area contributed by atoms with Gasteiger partial charge in [-0.2, -0.15) is 0 Å². The fourth-order valence-electron chi connectivity index (χ4n) is 5.37. The highest BCUT2D eigenvalue weighted by Crippen LogP contribution is 2.41. The number of aryl methyl sites for hydroxylation is 1. The van der Waals surface area contributed by atoms with E-state index in [9.17, 15) is 4.79 Å². The zero-order valence-electron chi connectivity index (χ0n) is 17.0. The van der Waals surface area contributed by atoms with Gasteiger partial charge in [0, 0.05) is 30.8 Å². The van der Waals surface area contributed by atoms with Gasteiger partial charge in [-0.25, -0.2) is 0 Å². The van der Waals surface area contributed by atoms with Crippen molar-refractivity contribution in [2.24, 2.45) is 0 Å². The fourth-order valence-corrected chi connectivity index (χ4v) is 5.37. The number of rotatable bonds is 7. The van der Waals surface area contributed by atoms with Crippen molar-refractivity contribution in [1.29, 1.82) is 0 Å². The van der Waals surface area contributed by atoms with Crippen LogP contribution in [0.1, 0.15) is 62.5 Å². The molecule has 4 rings (SSSR count). The third kappa shape index (κ3) is 4.55. The second-order valence-electron chi connectivity index (χ2n) is 8.86. The predicted octanol–water partition coefficient (Wildman–Crippen LogP) is 5.55. The molecule has 2 aromatic rings. The maximum atomic E-state index is 12.3. The van der Waals surface area contributed by atoms with Gasteiger partial charge in [0.25, 0.3) is 0 Å². The molecular formula is C26H33NO. The van der Waals surface area contributed by atoms with Crippen molar-refractivity contribution in [1.82, 2.24) is 4.90 Å². The minimum absolute atomic E-state index is 0.0351. The molecule has 0 N–H and O–H groups in total. The highest BCUT2D eigenvalue weighted by Gasteiger charge is 2.42. The second-order valence-corrected chi connectivity index (χ2v) is 8.86. The standard InChI is InChI=1S/C26H33NO/c28-25-17-18-26(20-25,23-13-5-2-6-14-23)21-27-19-8-7-15-24(27)16-9-12-22-10-3-1-4-11-22/h1-6,10-11,13-14,24H,7-9,12,15-21H2. The first kappa shape index (κ1) is 19.4. The topological polar surface area (TPSA) is 20.3 Å². The quantitative estimate of drug-likeness (QED) is 0.632. The van der Waals surface area contributed by atoms with Crippen LogP contribution in [-0.2, 0) is 16.6 Å².